The highest BCUT2D eigenvalue weighted by Gasteiger charge is 2.51. The second-order valence-corrected chi connectivity index (χ2v) is 11.9. The fourth-order valence-electron chi connectivity index (χ4n) is 7.11. The SMILES string of the molecule is O=C(Nc1ccc(C23CC4CC(CC(C4)C2)C3)cc1)c1ccc(OCCSc2ccccc2)cc1. The molecule has 1 N–H and O–H groups in total. The first kappa shape index (κ1) is 22.7. The van der Waals surface area contributed by atoms with E-state index in [0.717, 1.165) is 34.9 Å². The summed E-state index contributed by atoms with van der Waals surface area (Å²) in [5.74, 6) is 4.40. The van der Waals surface area contributed by atoms with Crippen LogP contribution in [0.3, 0.4) is 0 Å². The van der Waals surface area contributed by atoms with Crippen LogP contribution in [0.4, 0.5) is 5.69 Å². The Morgan fingerprint density at radius 1 is 0.829 bits per heavy atom. The van der Waals surface area contributed by atoms with Gasteiger partial charge in [-0.1, -0.05) is 30.3 Å². The van der Waals surface area contributed by atoms with E-state index in [-0.39, 0.29) is 5.91 Å². The first-order valence-corrected chi connectivity index (χ1v) is 14.0. The van der Waals surface area contributed by atoms with Gasteiger partial charge in [-0.05, 0) is 116 Å². The molecule has 4 heteroatoms. The topological polar surface area (TPSA) is 38.3 Å². The van der Waals surface area contributed by atoms with Gasteiger partial charge in [-0.2, -0.15) is 0 Å². The van der Waals surface area contributed by atoms with Gasteiger partial charge in [-0.15, -0.1) is 11.8 Å². The molecule has 1 amide bonds. The molecule has 0 saturated heterocycles. The number of thioether (sulfide) groups is 1. The van der Waals surface area contributed by atoms with Crippen LogP contribution in [0.15, 0.2) is 83.8 Å². The highest BCUT2D eigenvalue weighted by Crippen LogP contribution is 2.60. The van der Waals surface area contributed by atoms with Crippen molar-refractivity contribution in [3.8, 4) is 5.75 Å². The average molecular weight is 484 g/mol. The molecule has 0 unspecified atom stereocenters. The van der Waals surface area contributed by atoms with Crippen molar-refractivity contribution in [1.82, 2.24) is 0 Å². The van der Waals surface area contributed by atoms with Crippen molar-refractivity contribution in [2.75, 3.05) is 17.7 Å². The van der Waals surface area contributed by atoms with Crippen LogP contribution in [0.1, 0.15) is 54.4 Å². The Kier molecular flexibility index (Phi) is 6.32. The zero-order valence-corrected chi connectivity index (χ0v) is 20.9. The fraction of sp³-hybridized carbons (Fsp3) is 0.387. The summed E-state index contributed by atoms with van der Waals surface area (Å²) in [6.45, 7) is 0.626. The summed E-state index contributed by atoms with van der Waals surface area (Å²) < 4.78 is 5.84. The minimum absolute atomic E-state index is 0.0845. The lowest BCUT2D eigenvalue weighted by Gasteiger charge is -2.57. The lowest BCUT2D eigenvalue weighted by Crippen LogP contribution is -2.48. The number of carbonyl (C=O) groups is 1. The van der Waals surface area contributed by atoms with E-state index in [1.807, 2.05) is 42.5 Å². The minimum atomic E-state index is -0.0845. The predicted octanol–water partition coefficient (Wildman–Crippen LogP) is 7.58. The molecular formula is C31H33NO2S. The van der Waals surface area contributed by atoms with Gasteiger partial charge in [0.15, 0.2) is 0 Å². The molecule has 0 heterocycles. The van der Waals surface area contributed by atoms with Crippen molar-refractivity contribution >= 4 is 23.4 Å². The molecule has 0 spiro atoms. The van der Waals surface area contributed by atoms with Crippen LogP contribution < -0.4 is 10.1 Å². The van der Waals surface area contributed by atoms with Gasteiger partial charge >= 0.3 is 0 Å². The number of benzene rings is 3. The standard InChI is InChI=1S/C31H33NO2S/c33-30(25-6-12-28(13-7-25)34-14-15-35-29-4-2-1-3-5-29)32-27-10-8-26(9-11-27)31-19-22-16-23(20-31)18-24(17-22)21-31/h1-13,22-24H,14-21H2,(H,32,33). The van der Waals surface area contributed by atoms with Gasteiger partial charge in [-0.3, -0.25) is 4.79 Å². The number of hydrogen-bond acceptors (Lipinski definition) is 3. The third-order valence-corrected chi connectivity index (χ3v) is 9.25. The van der Waals surface area contributed by atoms with E-state index < -0.39 is 0 Å². The second kappa shape index (κ2) is 9.73. The van der Waals surface area contributed by atoms with Crippen molar-refractivity contribution in [1.29, 1.82) is 0 Å². The van der Waals surface area contributed by atoms with Crippen LogP contribution in [0.2, 0.25) is 0 Å². The molecule has 4 aliphatic carbocycles. The highest BCUT2D eigenvalue weighted by atomic mass is 32.2. The van der Waals surface area contributed by atoms with Crippen LogP contribution in [0.25, 0.3) is 0 Å². The third-order valence-electron chi connectivity index (χ3n) is 8.27. The quantitative estimate of drug-likeness (QED) is 0.265. The Morgan fingerprint density at radius 2 is 1.46 bits per heavy atom. The minimum Gasteiger partial charge on any atom is -0.493 e. The van der Waals surface area contributed by atoms with E-state index in [0.29, 0.717) is 17.6 Å². The van der Waals surface area contributed by atoms with E-state index in [1.54, 1.807) is 11.8 Å². The molecule has 4 fully saturated rings. The number of carbonyl (C=O) groups excluding carboxylic acids is 1. The van der Waals surface area contributed by atoms with E-state index in [9.17, 15) is 4.79 Å². The summed E-state index contributed by atoms with van der Waals surface area (Å²) in [5, 5.41) is 3.07. The Labute approximate surface area is 212 Å². The van der Waals surface area contributed by atoms with E-state index >= 15 is 0 Å². The highest BCUT2D eigenvalue weighted by molar-refractivity contribution is 7.99. The lowest BCUT2D eigenvalue weighted by atomic mass is 9.48. The molecule has 180 valence electrons. The maximum Gasteiger partial charge on any atom is 0.255 e. The number of ether oxygens (including phenoxy) is 1. The second-order valence-electron chi connectivity index (χ2n) is 10.8. The molecule has 0 atom stereocenters. The number of amides is 1. The monoisotopic (exact) mass is 483 g/mol. The molecule has 0 radical (unpaired) electrons. The number of rotatable bonds is 8. The molecule has 4 aliphatic rings. The summed E-state index contributed by atoms with van der Waals surface area (Å²) in [6.07, 6.45) is 8.48. The molecule has 3 aromatic carbocycles. The van der Waals surface area contributed by atoms with Crippen molar-refractivity contribution in [3.63, 3.8) is 0 Å². The van der Waals surface area contributed by atoms with Crippen LogP contribution in [-0.2, 0) is 5.41 Å². The molecule has 0 aliphatic heterocycles. The summed E-state index contributed by atoms with van der Waals surface area (Å²) in [6, 6.07) is 26.5. The first-order valence-electron chi connectivity index (χ1n) is 13.0. The average Bonchev–Trinajstić information content (AvgIpc) is 2.87. The zero-order valence-electron chi connectivity index (χ0n) is 20.1. The largest absolute Gasteiger partial charge is 0.493 e. The van der Waals surface area contributed by atoms with Crippen LogP contribution in [0, 0.1) is 17.8 Å². The normalized spacial score (nSPS) is 26.5. The molecule has 7 rings (SSSR count). The molecular weight excluding hydrogens is 450 g/mol. The number of nitrogens with one attached hydrogen (secondary N) is 1. The van der Waals surface area contributed by atoms with E-state index in [4.69, 9.17) is 4.74 Å². The molecule has 35 heavy (non-hydrogen) atoms. The van der Waals surface area contributed by atoms with Gasteiger partial charge in [0.1, 0.15) is 5.75 Å². The van der Waals surface area contributed by atoms with Gasteiger partial charge in [0, 0.05) is 21.9 Å². The van der Waals surface area contributed by atoms with Crippen molar-refractivity contribution in [2.24, 2.45) is 17.8 Å². The zero-order chi connectivity index (χ0) is 23.7. The maximum absolute atomic E-state index is 12.8. The molecule has 0 aromatic heterocycles. The Balaban J connectivity index is 1.02. The van der Waals surface area contributed by atoms with Gasteiger partial charge in [0.2, 0.25) is 0 Å². The van der Waals surface area contributed by atoms with E-state index in [2.05, 4.69) is 41.7 Å². The van der Waals surface area contributed by atoms with Crippen molar-refractivity contribution < 1.29 is 9.53 Å². The van der Waals surface area contributed by atoms with E-state index in [1.165, 1.54) is 49.0 Å². The number of anilines is 1. The molecule has 4 bridgehead atoms. The van der Waals surface area contributed by atoms with Crippen LogP contribution in [-0.4, -0.2) is 18.3 Å². The third kappa shape index (κ3) is 4.99. The predicted molar refractivity (Wildman–Crippen MR) is 143 cm³/mol. The Bertz CT molecular complexity index is 1120. The van der Waals surface area contributed by atoms with Crippen molar-refractivity contribution in [2.45, 2.75) is 48.8 Å². The Hall–Kier alpha value is -2.72. The lowest BCUT2D eigenvalue weighted by molar-refractivity contribution is -0.00518. The molecule has 4 saturated carbocycles. The molecule has 3 aromatic rings. The summed E-state index contributed by atoms with van der Waals surface area (Å²) in [4.78, 5) is 14.0. The molecule has 3 nitrogen and oxygen atoms in total. The van der Waals surface area contributed by atoms with Gasteiger partial charge in [-0.25, -0.2) is 0 Å². The van der Waals surface area contributed by atoms with Gasteiger partial charge in [0.25, 0.3) is 5.91 Å². The van der Waals surface area contributed by atoms with Gasteiger partial charge in [0.05, 0.1) is 6.61 Å². The van der Waals surface area contributed by atoms with Crippen LogP contribution in [0.5, 0.6) is 5.75 Å². The van der Waals surface area contributed by atoms with Crippen LogP contribution >= 0.6 is 11.8 Å². The van der Waals surface area contributed by atoms with Gasteiger partial charge < -0.3 is 10.1 Å². The smallest absolute Gasteiger partial charge is 0.255 e. The first-order chi connectivity index (χ1) is 17.1. The van der Waals surface area contributed by atoms with Crippen molar-refractivity contribution in [3.05, 3.63) is 90.0 Å². The summed E-state index contributed by atoms with van der Waals surface area (Å²) in [5.41, 5.74) is 3.39. The summed E-state index contributed by atoms with van der Waals surface area (Å²) in [7, 11) is 0. The summed E-state index contributed by atoms with van der Waals surface area (Å²) >= 11 is 1.78. The Morgan fingerprint density at radius 3 is 2.09 bits per heavy atom. The number of hydrogen-bond donors (Lipinski definition) is 1. The maximum atomic E-state index is 12.8. The fourth-order valence-corrected chi connectivity index (χ4v) is 7.86.